The molecule has 5 nitrogen and oxygen atoms in total. The molecule has 0 radical (unpaired) electrons. The molecule has 2 aromatic carbocycles. The highest BCUT2D eigenvalue weighted by Gasteiger charge is 2.26. The molecule has 0 bridgehead atoms. The normalized spacial score (nSPS) is 20.0. The van der Waals surface area contributed by atoms with Crippen LogP contribution in [0.25, 0.3) is 11.1 Å². The van der Waals surface area contributed by atoms with E-state index in [4.69, 9.17) is 5.11 Å². The van der Waals surface area contributed by atoms with Gasteiger partial charge in [-0.05, 0) is 61.1 Å². The molecule has 1 aliphatic carbocycles. The second kappa shape index (κ2) is 7.38. The maximum Gasteiger partial charge on any atom is 0.306 e. The van der Waals surface area contributed by atoms with Crippen LogP contribution in [0, 0.1) is 5.92 Å². The van der Waals surface area contributed by atoms with Crippen molar-refractivity contribution in [2.45, 2.75) is 31.7 Å². The zero-order chi connectivity index (χ0) is 17.8. The van der Waals surface area contributed by atoms with E-state index in [1.807, 2.05) is 24.3 Å². The number of phenols is 1. The van der Waals surface area contributed by atoms with E-state index < -0.39 is 5.97 Å². The van der Waals surface area contributed by atoms with Crippen LogP contribution in [-0.4, -0.2) is 28.1 Å². The van der Waals surface area contributed by atoms with E-state index in [1.54, 1.807) is 24.3 Å². The molecule has 0 aliphatic heterocycles. The molecule has 1 amide bonds. The highest BCUT2D eigenvalue weighted by atomic mass is 16.4. The van der Waals surface area contributed by atoms with Crippen molar-refractivity contribution in [3.8, 4) is 16.9 Å². The van der Waals surface area contributed by atoms with Gasteiger partial charge in [-0.1, -0.05) is 24.3 Å². The Bertz CT molecular complexity index is 744. The van der Waals surface area contributed by atoms with Gasteiger partial charge in [-0.3, -0.25) is 9.59 Å². The highest BCUT2D eigenvalue weighted by Crippen LogP contribution is 2.25. The number of hydrogen-bond donors (Lipinski definition) is 3. The summed E-state index contributed by atoms with van der Waals surface area (Å²) in [6, 6.07) is 14.3. The first kappa shape index (κ1) is 17.0. The molecule has 0 saturated heterocycles. The summed E-state index contributed by atoms with van der Waals surface area (Å²) in [5.41, 5.74) is 2.53. The lowest BCUT2D eigenvalue weighted by Gasteiger charge is -2.26. The monoisotopic (exact) mass is 339 g/mol. The number of phenolic OH excluding ortho intramolecular Hbond substituents is 1. The fourth-order valence-corrected chi connectivity index (χ4v) is 3.22. The second-order valence-electron chi connectivity index (χ2n) is 6.48. The topological polar surface area (TPSA) is 86.6 Å². The fourth-order valence-electron chi connectivity index (χ4n) is 3.22. The third-order valence-corrected chi connectivity index (χ3v) is 4.76. The van der Waals surface area contributed by atoms with Gasteiger partial charge in [-0.25, -0.2) is 0 Å². The van der Waals surface area contributed by atoms with E-state index in [-0.39, 0.29) is 23.6 Å². The largest absolute Gasteiger partial charge is 0.508 e. The summed E-state index contributed by atoms with van der Waals surface area (Å²) in [7, 11) is 0. The smallest absolute Gasteiger partial charge is 0.306 e. The van der Waals surface area contributed by atoms with Crippen molar-refractivity contribution >= 4 is 11.9 Å². The average Bonchev–Trinajstić information content (AvgIpc) is 2.63. The number of amides is 1. The van der Waals surface area contributed by atoms with E-state index in [2.05, 4.69) is 5.32 Å². The number of aromatic hydroxyl groups is 1. The number of hydrogen-bond acceptors (Lipinski definition) is 3. The summed E-state index contributed by atoms with van der Waals surface area (Å²) in [6.45, 7) is 0. The van der Waals surface area contributed by atoms with Gasteiger partial charge in [0.1, 0.15) is 5.75 Å². The van der Waals surface area contributed by atoms with E-state index in [0.717, 1.165) is 11.1 Å². The van der Waals surface area contributed by atoms with Gasteiger partial charge in [0.2, 0.25) is 0 Å². The summed E-state index contributed by atoms with van der Waals surface area (Å²) in [4.78, 5) is 23.3. The molecule has 2 aromatic rings. The lowest BCUT2D eigenvalue weighted by molar-refractivity contribution is -0.142. The molecular weight excluding hydrogens is 318 g/mol. The zero-order valence-corrected chi connectivity index (χ0v) is 13.8. The Morgan fingerprint density at radius 3 is 1.88 bits per heavy atom. The number of aliphatic carboxylic acids is 1. The Hall–Kier alpha value is -2.82. The lowest BCUT2D eigenvalue weighted by atomic mass is 9.86. The minimum Gasteiger partial charge on any atom is -0.508 e. The first-order valence-corrected chi connectivity index (χ1v) is 8.46. The predicted octanol–water partition coefficient (Wildman–Crippen LogP) is 3.43. The molecule has 25 heavy (non-hydrogen) atoms. The lowest BCUT2D eigenvalue weighted by Crippen LogP contribution is -2.38. The van der Waals surface area contributed by atoms with Crippen LogP contribution >= 0.6 is 0 Å². The Balaban J connectivity index is 1.59. The molecule has 1 aliphatic rings. The highest BCUT2D eigenvalue weighted by molar-refractivity contribution is 5.94. The van der Waals surface area contributed by atoms with E-state index in [1.165, 1.54) is 0 Å². The van der Waals surface area contributed by atoms with Gasteiger partial charge in [0, 0.05) is 11.6 Å². The molecule has 5 heteroatoms. The molecular formula is C20H21NO4. The average molecular weight is 339 g/mol. The summed E-state index contributed by atoms with van der Waals surface area (Å²) >= 11 is 0. The van der Waals surface area contributed by atoms with Crippen molar-refractivity contribution < 1.29 is 19.8 Å². The number of benzene rings is 2. The van der Waals surface area contributed by atoms with Crippen molar-refractivity contribution in [3.63, 3.8) is 0 Å². The quantitative estimate of drug-likeness (QED) is 0.796. The molecule has 0 heterocycles. The van der Waals surface area contributed by atoms with Gasteiger partial charge in [0.25, 0.3) is 5.91 Å². The summed E-state index contributed by atoms with van der Waals surface area (Å²) < 4.78 is 0. The maximum absolute atomic E-state index is 12.4. The van der Waals surface area contributed by atoms with Gasteiger partial charge < -0.3 is 15.5 Å². The predicted molar refractivity (Wildman–Crippen MR) is 94.4 cm³/mol. The number of rotatable bonds is 4. The van der Waals surface area contributed by atoms with Gasteiger partial charge in [0.15, 0.2) is 0 Å². The zero-order valence-electron chi connectivity index (χ0n) is 13.8. The summed E-state index contributed by atoms with van der Waals surface area (Å²) in [5.74, 6) is -0.930. The van der Waals surface area contributed by atoms with Gasteiger partial charge >= 0.3 is 5.97 Å². The number of carbonyl (C=O) groups excluding carboxylic acids is 1. The molecule has 3 rings (SSSR count). The minimum atomic E-state index is -0.741. The van der Waals surface area contributed by atoms with Gasteiger partial charge in [-0.15, -0.1) is 0 Å². The SMILES string of the molecule is O=C(NC1CCC(C(=O)O)CC1)c1ccc(-c2ccc(O)cc2)cc1. The first-order valence-electron chi connectivity index (χ1n) is 8.46. The van der Waals surface area contributed by atoms with Crippen LogP contribution < -0.4 is 5.32 Å². The number of nitrogens with one attached hydrogen (secondary N) is 1. The van der Waals surface area contributed by atoms with E-state index in [9.17, 15) is 14.7 Å². The van der Waals surface area contributed by atoms with Crippen molar-refractivity contribution in [3.05, 3.63) is 54.1 Å². The van der Waals surface area contributed by atoms with Gasteiger partial charge in [-0.2, -0.15) is 0 Å². The van der Waals surface area contributed by atoms with Gasteiger partial charge in [0.05, 0.1) is 5.92 Å². The van der Waals surface area contributed by atoms with Crippen molar-refractivity contribution in [1.82, 2.24) is 5.32 Å². The molecule has 0 aromatic heterocycles. The van der Waals surface area contributed by atoms with Crippen LogP contribution in [-0.2, 0) is 4.79 Å². The number of carboxylic acids is 1. The molecule has 0 spiro atoms. The fraction of sp³-hybridized carbons (Fsp3) is 0.300. The summed E-state index contributed by atoms with van der Waals surface area (Å²) in [5, 5.41) is 21.4. The maximum atomic E-state index is 12.4. The Labute approximate surface area is 146 Å². The van der Waals surface area contributed by atoms with Crippen LogP contribution in [0.4, 0.5) is 0 Å². The third kappa shape index (κ3) is 4.18. The molecule has 1 fully saturated rings. The minimum absolute atomic E-state index is 0.0416. The standard InChI is InChI=1S/C20H21NO4/c22-18-11-7-14(8-12-18)13-1-3-15(4-2-13)19(23)21-17-9-5-16(6-10-17)20(24)25/h1-4,7-8,11-12,16-17,22H,5-6,9-10H2,(H,21,23)(H,24,25). The first-order chi connectivity index (χ1) is 12.0. The van der Waals surface area contributed by atoms with Crippen LogP contribution in [0.1, 0.15) is 36.0 Å². The van der Waals surface area contributed by atoms with Crippen molar-refractivity contribution in [2.24, 2.45) is 5.92 Å². The second-order valence-corrected chi connectivity index (χ2v) is 6.48. The van der Waals surface area contributed by atoms with Crippen LogP contribution in [0.2, 0.25) is 0 Å². The Morgan fingerprint density at radius 1 is 0.840 bits per heavy atom. The third-order valence-electron chi connectivity index (χ3n) is 4.76. The Morgan fingerprint density at radius 2 is 1.36 bits per heavy atom. The Kier molecular flexibility index (Phi) is 5.03. The van der Waals surface area contributed by atoms with Crippen LogP contribution in [0.15, 0.2) is 48.5 Å². The van der Waals surface area contributed by atoms with E-state index >= 15 is 0 Å². The number of carbonyl (C=O) groups is 2. The molecule has 0 unspecified atom stereocenters. The van der Waals surface area contributed by atoms with Crippen LogP contribution in [0.5, 0.6) is 5.75 Å². The summed E-state index contributed by atoms with van der Waals surface area (Å²) in [6.07, 6.45) is 2.63. The number of carboxylic acid groups (broad SMARTS) is 1. The van der Waals surface area contributed by atoms with E-state index in [0.29, 0.717) is 31.2 Å². The molecule has 130 valence electrons. The van der Waals surface area contributed by atoms with Crippen molar-refractivity contribution in [1.29, 1.82) is 0 Å². The molecule has 0 atom stereocenters. The molecule has 1 saturated carbocycles. The van der Waals surface area contributed by atoms with Crippen LogP contribution in [0.3, 0.4) is 0 Å². The molecule has 3 N–H and O–H groups in total. The van der Waals surface area contributed by atoms with Crippen molar-refractivity contribution in [2.75, 3.05) is 0 Å².